The summed E-state index contributed by atoms with van der Waals surface area (Å²) >= 11 is 0. The van der Waals surface area contributed by atoms with Gasteiger partial charge in [0.2, 0.25) is 88.6 Å². The molecule has 0 saturated carbocycles. The van der Waals surface area contributed by atoms with E-state index < -0.39 is 242 Å². The van der Waals surface area contributed by atoms with Crippen LogP contribution in [0.15, 0.2) is 67.1 Å². The number of nitrogens with zero attached hydrogens (tertiary/aromatic N) is 3. The Morgan fingerprint density at radius 2 is 0.973 bits per heavy atom. The number of aromatic amines is 1. The smallest absolute Gasteiger partial charge is 0.326 e. The van der Waals surface area contributed by atoms with Gasteiger partial charge in [-0.3, -0.25) is 76.7 Å². The number of carboxylic acid groups (broad SMARTS) is 2. The zero-order chi connectivity index (χ0) is 83.4. The van der Waals surface area contributed by atoms with Crippen LogP contribution in [0, 0.1) is 11.8 Å². The zero-order valence-corrected chi connectivity index (χ0v) is 62.9. The number of hydrogen-bond acceptors (Lipinski definition) is 23. The number of aromatic hydroxyl groups is 1. The summed E-state index contributed by atoms with van der Waals surface area (Å²) in [5.74, 6) is -19.8. The third kappa shape index (κ3) is 28.0. The monoisotopic (exact) mass is 1570 g/mol. The molecule has 2 saturated heterocycles. The van der Waals surface area contributed by atoms with E-state index in [2.05, 4.69) is 73.8 Å². The van der Waals surface area contributed by atoms with E-state index in [0.717, 1.165) is 11.8 Å². The number of nitrogens with two attached hydrogens (primary N) is 2. The van der Waals surface area contributed by atoms with Gasteiger partial charge >= 0.3 is 11.9 Å². The average molecular weight is 1580 g/mol. The van der Waals surface area contributed by atoms with Gasteiger partial charge in [0, 0.05) is 44.2 Å². The number of aliphatic hydroxyl groups excluding tert-OH is 3. The van der Waals surface area contributed by atoms with Crippen molar-refractivity contribution in [1.29, 1.82) is 0 Å². The summed E-state index contributed by atoms with van der Waals surface area (Å²) in [5.41, 5.74) is 12.4. The molecule has 16 atom stereocenters. The molecule has 0 radical (unpaired) electrons. The zero-order valence-electron chi connectivity index (χ0n) is 62.9. The summed E-state index contributed by atoms with van der Waals surface area (Å²) in [6, 6.07) is -4.96. The molecule has 2 aliphatic rings. The van der Waals surface area contributed by atoms with Crippen LogP contribution in [0.2, 0.25) is 0 Å². The van der Waals surface area contributed by atoms with Crippen molar-refractivity contribution in [1.82, 2.24) is 83.6 Å². The molecule has 41 heteroatoms. The molecule has 2 fully saturated rings. The van der Waals surface area contributed by atoms with Crippen LogP contribution in [0.1, 0.15) is 110 Å². The quantitative estimate of drug-likeness (QED) is 0.0250. The van der Waals surface area contributed by atoms with E-state index in [-0.39, 0.29) is 56.5 Å². The minimum atomic E-state index is -2.09. The summed E-state index contributed by atoms with van der Waals surface area (Å²) in [7, 11) is 0. The number of primary amides is 1. The van der Waals surface area contributed by atoms with Gasteiger partial charge in [0.15, 0.2) is 0 Å². The number of carbonyl (C=O) groups excluding carboxylic acids is 15. The Morgan fingerprint density at radius 3 is 1.51 bits per heavy atom. The van der Waals surface area contributed by atoms with Crippen LogP contribution in [0.5, 0.6) is 5.75 Å². The fraction of sp³-hybridized carbons (Fsp3) is 0.549. The Labute approximate surface area is 643 Å². The van der Waals surface area contributed by atoms with Crippen molar-refractivity contribution in [3.05, 3.63) is 83.9 Å². The molecular formula is C71H102N18O23. The van der Waals surface area contributed by atoms with Crippen molar-refractivity contribution in [2.24, 2.45) is 23.3 Å². The lowest BCUT2D eigenvalue weighted by Gasteiger charge is -2.31. The number of amides is 15. The molecule has 112 heavy (non-hydrogen) atoms. The van der Waals surface area contributed by atoms with Gasteiger partial charge in [-0.15, -0.1) is 0 Å². The number of aliphatic carboxylic acids is 2. The minimum Gasteiger partial charge on any atom is -0.508 e. The second-order valence-electron chi connectivity index (χ2n) is 27.8. The molecule has 0 spiro atoms. The lowest BCUT2D eigenvalue weighted by molar-refractivity contribution is -0.143. The predicted molar refractivity (Wildman–Crippen MR) is 391 cm³/mol. The number of hydrogen-bond donors (Lipinski definition) is 21. The van der Waals surface area contributed by atoms with Gasteiger partial charge in [0.1, 0.15) is 78.3 Å². The third-order valence-electron chi connectivity index (χ3n) is 18.5. The molecule has 23 N–H and O–H groups in total. The van der Waals surface area contributed by atoms with Crippen molar-refractivity contribution in [3.63, 3.8) is 0 Å². The molecule has 41 nitrogen and oxygen atoms in total. The number of phenols is 1. The number of H-pyrrole nitrogens is 1. The Hall–Kier alpha value is -11.7. The standard InChI is InChI=1S/C71H102N18O23/c1-8-35(4)57(71(111)112)84-53(97)32-75-60(100)45(27-50(72)94)80-52(96)31-77-66(106)58(37(6)91)86-63(103)46(28-54(98)99)81-61(101)43(25-40-18-20-42(93)21-19-40)79-51(95)30-76-64(104)48-16-12-22-88(48)69(109)47(26-41-29-74-33-78-41)83-68(108)59(38(7)92)87-67(107)56(34(2)3)85-62(102)44(24-39-14-10-9-11-15-39)82-65(105)49-17-13-23-89(49)70(110)55(73)36(5)90/h9-11,14-15,18-21,29,33-38,43-49,55-59,90-93H,8,12-13,16-17,22-28,30-32,73H2,1-7H3,(H2,72,94)(H,74,78)(H,75,100)(H,76,104)(H,77,106)(H,79,95)(H,80,96)(H,81,101)(H,82,105)(H,83,108)(H,84,97)(H,85,102)(H,86,103)(H,87,107)(H,98,99)(H,111,112)/t35-,36+,37+,38+,43-,44-,45-,46-,47-,48-,49-,55-,56-,57-,58-,59-/m0/s1. The van der Waals surface area contributed by atoms with Gasteiger partial charge in [0.25, 0.3) is 0 Å². The number of imidazole rings is 1. The molecule has 2 aromatic carbocycles. The fourth-order valence-corrected chi connectivity index (χ4v) is 12.1. The van der Waals surface area contributed by atoms with Gasteiger partial charge < -0.3 is 121 Å². The number of benzene rings is 2. The fourth-order valence-electron chi connectivity index (χ4n) is 12.1. The van der Waals surface area contributed by atoms with E-state index in [0.29, 0.717) is 24.1 Å². The second-order valence-corrected chi connectivity index (χ2v) is 27.8. The molecule has 3 heterocycles. The highest BCUT2D eigenvalue weighted by atomic mass is 16.4. The Balaban J connectivity index is 1.26. The van der Waals surface area contributed by atoms with Gasteiger partial charge in [-0.1, -0.05) is 76.6 Å². The molecule has 15 amide bonds. The number of aliphatic hydroxyl groups is 3. The van der Waals surface area contributed by atoms with Crippen LogP contribution in [-0.4, -0.2) is 274 Å². The molecule has 0 unspecified atom stereocenters. The van der Waals surface area contributed by atoms with E-state index in [1.807, 2.05) is 0 Å². The number of aromatic nitrogens is 2. The SMILES string of the molecule is CC[C@H](C)[C@H](NC(=O)CNC(=O)[C@H](CC(N)=O)NC(=O)CNC(=O)[C@@H](NC(=O)[C@H](CC(=O)O)NC(=O)[C@H](Cc1ccc(O)cc1)NC(=O)CNC(=O)[C@@H]1CCCN1C(=O)[C@H](Cc1cnc[nH]1)NC(=O)[C@@H](NC(=O)[C@@H](NC(=O)[C@H](Cc1ccccc1)NC(=O)[C@@H]1CCCN1C(=O)[C@@H](N)[C@@H](C)O)C(C)C)[C@@H](C)O)[C@@H](C)O)C(=O)O. The molecular weight excluding hydrogens is 1470 g/mol. The van der Waals surface area contributed by atoms with E-state index in [4.69, 9.17) is 11.5 Å². The Kier molecular flexibility index (Phi) is 35.4. The third-order valence-corrected chi connectivity index (χ3v) is 18.5. The maximum atomic E-state index is 14.8. The number of nitrogens with one attached hydrogen (secondary N) is 13. The lowest BCUT2D eigenvalue weighted by Crippen LogP contribution is -2.62. The number of carboxylic acids is 2. The summed E-state index contributed by atoms with van der Waals surface area (Å²) < 4.78 is 0. The summed E-state index contributed by atoms with van der Waals surface area (Å²) in [4.78, 5) is 238. The van der Waals surface area contributed by atoms with Gasteiger partial charge in [0.05, 0.1) is 57.1 Å². The first-order chi connectivity index (χ1) is 52.8. The predicted octanol–water partition coefficient (Wildman–Crippen LogP) is -7.56. The maximum absolute atomic E-state index is 14.8. The number of likely N-dealkylation sites (tertiary alicyclic amines) is 2. The first-order valence-corrected chi connectivity index (χ1v) is 36.3. The van der Waals surface area contributed by atoms with E-state index in [1.165, 1.54) is 55.5 Å². The van der Waals surface area contributed by atoms with Gasteiger partial charge in [-0.25, -0.2) is 9.78 Å². The number of phenolic OH excluding ortho intramolecular Hbond substituents is 1. The largest absolute Gasteiger partial charge is 0.508 e. The minimum absolute atomic E-state index is 0.0138. The van der Waals surface area contributed by atoms with E-state index >= 15 is 0 Å². The summed E-state index contributed by atoms with van der Waals surface area (Å²) in [6.45, 7) is 7.31. The highest BCUT2D eigenvalue weighted by molar-refractivity contribution is 6.01. The van der Waals surface area contributed by atoms with Crippen LogP contribution < -0.4 is 75.3 Å². The van der Waals surface area contributed by atoms with Crippen LogP contribution in [0.3, 0.4) is 0 Å². The van der Waals surface area contributed by atoms with Crippen LogP contribution >= 0.6 is 0 Å². The molecule has 1 aromatic heterocycles. The van der Waals surface area contributed by atoms with Gasteiger partial charge in [-0.05, 0) is 81.5 Å². The van der Waals surface area contributed by atoms with E-state index in [1.54, 1.807) is 58.0 Å². The molecule has 0 bridgehead atoms. The van der Waals surface area contributed by atoms with Crippen LogP contribution in [0.25, 0.3) is 0 Å². The topological polar surface area (TPSA) is 643 Å². The molecule has 5 rings (SSSR count). The highest BCUT2D eigenvalue weighted by Gasteiger charge is 2.43. The lowest BCUT2D eigenvalue weighted by atomic mass is 9.99. The first-order valence-electron chi connectivity index (χ1n) is 36.3. The maximum Gasteiger partial charge on any atom is 0.326 e. The molecule has 2 aliphatic heterocycles. The summed E-state index contributed by atoms with van der Waals surface area (Å²) in [5, 5.41) is 89.3. The van der Waals surface area contributed by atoms with Crippen molar-refractivity contribution < 1.29 is 112 Å². The van der Waals surface area contributed by atoms with Crippen LogP contribution in [-0.2, 0) is 101 Å². The molecule has 0 aliphatic carbocycles. The molecule has 614 valence electrons. The highest BCUT2D eigenvalue weighted by Crippen LogP contribution is 2.23. The second kappa shape index (κ2) is 43.6. The summed E-state index contributed by atoms with van der Waals surface area (Å²) in [6.07, 6.45) is -3.65. The van der Waals surface area contributed by atoms with Crippen molar-refractivity contribution >= 4 is 101 Å². The number of carbonyl (C=O) groups is 17. The van der Waals surface area contributed by atoms with Crippen molar-refractivity contribution in [3.8, 4) is 5.75 Å². The normalized spacial score (nSPS) is 17.6. The Morgan fingerprint density at radius 1 is 0.500 bits per heavy atom. The first kappa shape index (κ1) is 90.9. The number of rotatable bonds is 43. The van der Waals surface area contributed by atoms with Gasteiger partial charge in [-0.2, -0.15) is 0 Å². The van der Waals surface area contributed by atoms with E-state index in [9.17, 15) is 112 Å². The van der Waals surface area contributed by atoms with Crippen LogP contribution in [0.4, 0.5) is 0 Å². The van der Waals surface area contributed by atoms with Crippen molar-refractivity contribution in [2.75, 3.05) is 32.7 Å². The molecule has 3 aromatic rings. The average Bonchev–Trinajstić information content (AvgIpc) is 1.71. The van der Waals surface area contributed by atoms with Crippen molar-refractivity contribution in [2.45, 2.75) is 203 Å². The Bertz CT molecular complexity index is 3830.